The van der Waals surface area contributed by atoms with Gasteiger partial charge in [0.15, 0.2) is 5.78 Å². The van der Waals surface area contributed by atoms with E-state index in [2.05, 4.69) is 20.9 Å². The van der Waals surface area contributed by atoms with Gasteiger partial charge in [-0.15, -0.1) is 0 Å². The van der Waals surface area contributed by atoms with Crippen molar-refractivity contribution in [3.05, 3.63) is 23.0 Å². The first-order valence-corrected chi connectivity index (χ1v) is 4.94. The predicted octanol–water partition coefficient (Wildman–Crippen LogP) is 1.78. The summed E-state index contributed by atoms with van der Waals surface area (Å²) in [5, 5.41) is 8.63. The molecule has 0 amide bonds. The highest BCUT2D eigenvalue weighted by Crippen LogP contribution is 2.25. The number of ketones is 1. The van der Waals surface area contributed by atoms with Crippen molar-refractivity contribution in [2.24, 2.45) is 0 Å². The van der Waals surface area contributed by atoms with Crippen molar-refractivity contribution in [1.29, 1.82) is 5.26 Å². The summed E-state index contributed by atoms with van der Waals surface area (Å²) in [5.41, 5.74) is 2.04. The number of fused-ring (bicyclic) bond motifs is 1. The van der Waals surface area contributed by atoms with Gasteiger partial charge in [-0.2, -0.15) is 5.26 Å². The van der Waals surface area contributed by atoms with E-state index in [1.165, 1.54) is 0 Å². The number of hydrogen-bond donors (Lipinski definition) is 1. The summed E-state index contributed by atoms with van der Waals surface area (Å²) in [6.07, 6.45) is 1.63. The lowest BCUT2D eigenvalue weighted by Gasteiger charge is -2.14. The molecule has 1 aromatic heterocycles. The Labute approximate surface area is 83.9 Å². The normalized spacial score (nSPS) is 20.9. The summed E-state index contributed by atoms with van der Waals surface area (Å²) in [5.74, 6) is 0.0824. The van der Waals surface area contributed by atoms with Crippen LogP contribution in [0.2, 0.25) is 0 Å². The molecule has 1 aliphatic carbocycles. The Morgan fingerprint density at radius 3 is 3.15 bits per heavy atom. The van der Waals surface area contributed by atoms with Crippen LogP contribution in [0.1, 0.15) is 28.2 Å². The van der Waals surface area contributed by atoms with Gasteiger partial charge in [0.1, 0.15) is 11.8 Å². The average Bonchev–Trinajstić information content (AvgIpc) is 2.55. The molecule has 0 fully saturated rings. The van der Waals surface area contributed by atoms with Gasteiger partial charge in [-0.05, 0) is 18.9 Å². The lowest BCUT2D eigenvalue weighted by molar-refractivity contribution is 0.0981. The number of aryl methyl sites for hydroxylation is 1. The summed E-state index contributed by atoms with van der Waals surface area (Å²) in [4.78, 5) is 14.4. The van der Waals surface area contributed by atoms with Crippen molar-refractivity contribution in [3.8, 4) is 6.07 Å². The largest absolute Gasteiger partial charge is 0.350 e. The molecule has 0 saturated carbocycles. The number of halogens is 1. The minimum Gasteiger partial charge on any atom is -0.350 e. The standard InChI is InChI=1S/C9H7BrN2O/c10-7-1-2-8-6(9(7)13)3-5(4-11)12-8/h3,7,12H,1-2H2. The SMILES string of the molecule is N#Cc1cc2c([nH]1)CCC(Br)C2=O. The van der Waals surface area contributed by atoms with Crippen LogP contribution in [0.25, 0.3) is 0 Å². The van der Waals surface area contributed by atoms with E-state index in [-0.39, 0.29) is 10.6 Å². The Morgan fingerprint density at radius 1 is 1.69 bits per heavy atom. The number of carbonyl (C=O) groups excluding carboxylic acids is 1. The number of H-pyrrole nitrogens is 1. The van der Waals surface area contributed by atoms with Crippen molar-refractivity contribution < 1.29 is 4.79 Å². The number of alkyl halides is 1. The minimum atomic E-state index is -0.0812. The summed E-state index contributed by atoms with van der Waals surface area (Å²) in [7, 11) is 0. The number of rotatable bonds is 0. The predicted molar refractivity (Wildman–Crippen MR) is 50.9 cm³/mol. The van der Waals surface area contributed by atoms with Gasteiger partial charge in [-0.25, -0.2) is 0 Å². The molecule has 0 saturated heterocycles. The Kier molecular flexibility index (Phi) is 1.97. The van der Waals surface area contributed by atoms with Gasteiger partial charge in [0.25, 0.3) is 0 Å². The maximum atomic E-state index is 11.6. The second-order valence-electron chi connectivity index (χ2n) is 3.06. The molecule has 2 rings (SSSR count). The van der Waals surface area contributed by atoms with Crippen LogP contribution in [0.4, 0.5) is 0 Å². The van der Waals surface area contributed by atoms with Crippen LogP contribution in [0.15, 0.2) is 6.07 Å². The third-order valence-corrected chi connectivity index (χ3v) is 3.09. The molecule has 1 unspecified atom stereocenters. The molecule has 66 valence electrons. The highest BCUT2D eigenvalue weighted by atomic mass is 79.9. The Hall–Kier alpha value is -1.08. The van der Waals surface area contributed by atoms with Crippen molar-refractivity contribution >= 4 is 21.7 Å². The van der Waals surface area contributed by atoms with Crippen LogP contribution in [0.5, 0.6) is 0 Å². The number of nitrogens with one attached hydrogen (secondary N) is 1. The van der Waals surface area contributed by atoms with Gasteiger partial charge >= 0.3 is 0 Å². The molecule has 0 spiro atoms. The van der Waals surface area contributed by atoms with E-state index in [4.69, 9.17) is 5.26 Å². The van der Waals surface area contributed by atoms with Gasteiger partial charge in [0, 0.05) is 11.3 Å². The maximum absolute atomic E-state index is 11.6. The van der Waals surface area contributed by atoms with E-state index in [0.29, 0.717) is 11.3 Å². The van der Waals surface area contributed by atoms with Crippen LogP contribution in [-0.2, 0) is 6.42 Å². The van der Waals surface area contributed by atoms with E-state index < -0.39 is 0 Å². The lowest BCUT2D eigenvalue weighted by Crippen LogP contribution is -2.21. The number of Topliss-reactive ketones (excluding diaryl/α,β-unsaturated/α-hetero) is 1. The molecule has 0 bridgehead atoms. The summed E-state index contributed by atoms with van der Waals surface area (Å²) >= 11 is 3.31. The van der Waals surface area contributed by atoms with Crippen LogP contribution in [0, 0.1) is 11.3 Å². The van der Waals surface area contributed by atoms with E-state index in [1.807, 2.05) is 6.07 Å². The second kappa shape index (κ2) is 3.00. The summed E-state index contributed by atoms with van der Waals surface area (Å²) in [6.45, 7) is 0. The van der Waals surface area contributed by atoms with Crippen molar-refractivity contribution in [2.45, 2.75) is 17.7 Å². The number of nitriles is 1. The number of hydrogen-bond acceptors (Lipinski definition) is 2. The molecule has 0 aliphatic heterocycles. The van der Waals surface area contributed by atoms with E-state index >= 15 is 0 Å². The zero-order valence-corrected chi connectivity index (χ0v) is 8.39. The Balaban J connectivity index is 2.49. The molecule has 1 heterocycles. The van der Waals surface area contributed by atoms with Gasteiger partial charge in [0.05, 0.1) is 4.83 Å². The molecule has 4 heteroatoms. The number of carbonyl (C=O) groups is 1. The van der Waals surface area contributed by atoms with Gasteiger partial charge in [0.2, 0.25) is 0 Å². The molecule has 1 N–H and O–H groups in total. The van der Waals surface area contributed by atoms with E-state index in [1.54, 1.807) is 6.07 Å². The first-order chi connectivity index (χ1) is 6.22. The molecule has 1 aromatic rings. The van der Waals surface area contributed by atoms with Crippen molar-refractivity contribution in [2.75, 3.05) is 0 Å². The third kappa shape index (κ3) is 1.29. The fraction of sp³-hybridized carbons (Fsp3) is 0.333. The quantitative estimate of drug-likeness (QED) is 0.701. The van der Waals surface area contributed by atoms with Crippen molar-refractivity contribution in [1.82, 2.24) is 4.98 Å². The molecule has 0 radical (unpaired) electrons. The molecule has 3 nitrogen and oxygen atoms in total. The highest BCUT2D eigenvalue weighted by Gasteiger charge is 2.26. The summed E-state index contributed by atoms with van der Waals surface area (Å²) in [6, 6.07) is 3.63. The molecule has 0 aromatic carbocycles. The Morgan fingerprint density at radius 2 is 2.46 bits per heavy atom. The topological polar surface area (TPSA) is 56.6 Å². The van der Waals surface area contributed by atoms with E-state index in [9.17, 15) is 4.79 Å². The Bertz CT molecular complexity index is 402. The van der Waals surface area contributed by atoms with Gasteiger partial charge in [-0.1, -0.05) is 15.9 Å². The smallest absolute Gasteiger partial charge is 0.178 e. The van der Waals surface area contributed by atoms with Crippen LogP contribution in [0.3, 0.4) is 0 Å². The molecular formula is C9H7BrN2O. The van der Waals surface area contributed by atoms with Crippen LogP contribution >= 0.6 is 15.9 Å². The minimum absolute atomic E-state index is 0.0812. The van der Waals surface area contributed by atoms with Gasteiger partial charge < -0.3 is 4.98 Å². The lowest BCUT2D eigenvalue weighted by atomic mass is 9.97. The molecule has 1 atom stereocenters. The molecule has 1 aliphatic rings. The first kappa shape index (κ1) is 8.52. The number of nitrogens with zero attached hydrogens (tertiary/aromatic N) is 1. The second-order valence-corrected chi connectivity index (χ2v) is 4.16. The highest BCUT2D eigenvalue weighted by molar-refractivity contribution is 9.10. The monoisotopic (exact) mass is 238 g/mol. The number of aromatic nitrogens is 1. The first-order valence-electron chi connectivity index (χ1n) is 4.02. The van der Waals surface area contributed by atoms with E-state index in [0.717, 1.165) is 18.5 Å². The zero-order valence-electron chi connectivity index (χ0n) is 6.80. The number of aromatic amines is 1. The van der Waals surface area contributed by atoms with Crippen molar-refractivity contribution in [3.63, 3.8) is 0 Å². The molecule has 13 heavy (non-hydrogen) atoms. The fourth-order valence-corrected chi connectivity index (χ4v) is 2.02. The molecular weight excluding hydrogens is 232 g/mol. The fourth-order valence-electron chi connectivity index (χ4n) is 1.55. The summed E-state index contributed by atoms with van der Waals surface area (Å²) < 4.78 is 0. The zero-order chi connectivity index (χ0) is 9.42. The van der Waals surface area contributed by atoms with Crippen LogP contribution in [-0.4, -0.2) is 15.6 Å². The average molecular weight is 239 g/mol. The van der Waals surface area contributed by atoms with Crippen LogP contribution < -0.4 is 0 Å². The van der Waals surface area contributed by atoms with Gasteiger partial charge in [-0.3, -0.25) is 4.79 Å². The maximum Gasteiger partial charge on any atom is 0.178 e. The third-order valence-electron chi connectivity index (χ3n) is 2.22.